The average molecular weight is 297 g/mol. The number of Topliss-reactive ketones (excluding diaryl/α,β-unsaturated/α-hetero) is 1. The zero-order chi connectivity index (χ0) is 12.1. The van der Waals surface area contributed by atoms with E-state index in [0.717, 1.165) is 36.2 Å². The summed E-state index contributed by atoms with van der Waals surface area (Å²) in [6.07, 6.45) is 0.531. The van der Waals surface area contributed by atoms with Crippen LogP contribution in [-0.4, -0.2) is 43.4 Å². The van der Waals surface area contributed by atoms with Gasteiger partial charge in [0.15, 0.2) is 5.78 Å². The number of carbonyl (C=O) groups is 1. The lowest BCUT2D eigenvalue weighted by Gasteiger charge is -2.26. The Morgan fingerprint density at radius 2 is 2.12 bits per heavy atom. The molecule has 1 aromatic rings. The molecule has 92 valence electrons. The van der Waals surface area contributed by atoms with Crippen molar-refractivity contribution in [2.75, 3.05) is 32.7 Å². The highest BCUT2D eigenvalue weighted by Crippen LogP contribution is 2.12. The van der Waals surface area contributed by atoms with Gasteiger partial charge in [-0.25, -0.2) is 0 Å². The maximum Gasteiger partial charge on any atom is 0.151 e. The number of hydrogen-bond acceptors (Lipinski definition) is 3. The Balaban J connectivity index is 1.84. The molecule has 0 spiro atoms. The molecule has 1 aliphatic heterocycles. The summed E-state index contributed by atoms with van der Waals surface area (Å²) in [5.74, 6) is 0.296. The van der Waals surface area contributed by atoms with E-state index in [1.54, 1.807) is 0 Å². The minimum absolute atomic E-state index is 0.296. The highest BCUT2D eigenvalue weighted by molar-refractivity contribution is 9.10. The number of nitrogens with one attached hydrogen (secondary N) is 1. The van der Waals surface area contributed by atoms with Crippen molar-refractivity contribution in [2.24, 2.45) is 0 Å². The van der Waals surface area contributed by atoms with Crippen molar-refractivity contribution in [1.82, 2.24) is 10.2 Å². The largest absolute Gasteiger partial charge is 0.314 e. The SMILES string of the molecule is O=C(Cc1cccc(Br)c1)CN1CCNCC1. The van der Waals surface area contributed by atoms with Crippen LogP contribution in [0.4, 0.5) is 0 Å². The van der Waals surface area contributed by atoms with Crippen molar-refractivity contribution in [2.45, 2.75) is 6.42 Å². The first-order valence-electron chi connectivity index (χ1n) is 5.93. The lowest BCUT2D eigenvalue weighted by atomic mass is 10.1. The fraction of sp³-hybridized carbons (Fsp3) is 0.462. The first-order chi connectivity index (χ1) is 8.24. The summed E-state index contributed by atoms with van der Waals surface area (Å²) in [4.78, 5) is 14.1. The van der Waals surface area contributed by atoms with E-state index in [2.05, 4.69) is 26.1 Å². The Kier molecular flexibility index (Phi) is 4.71. The first-order valence-corrected chi connectivity index (χ1v) is 6.72. The van der Waals surface area contributed by atoms with Crippen LogP contribution < -0.4 is 5.32 Å². The van der Waals surface area contributed by atoms with E-state index in [1.165, 1.54) is 0 Å². The van der Waals surface area contributed by atoms with E-state index in [-0.39, 0.29) is 0 Å². The van der Waals surface area contributed by atoms with E-state index in [9.17, 15) is 4.79 Å². The van der Waals surface area contributed by atoms with Gasteiger partial charge in [-0.1, -0.05) is 28.1 Å². The number of rotatable bonds is 4. The van der Waals surface area contributed by atoms with Crippen molar-refractivity contribution in [3.05, 3.63) is 34.3 Å². The highest BCUT2D eigenvalue weighted by Gasteiger charge is 2.13. The van der Waals surface area contributed by atoms with Crippen LogP contribution in [0.25, 0.3) is 0 Å². The lowest BCUT2D eigenvalue weighted by molar-refractivity contribution is -0.119. The third-order valence-electron chi connectivity index (χ3n) is 2.90. The standard InChI is InChI=1S/C13H17BrN2O/c14-12-3-1-2-11(8-12)9-13(17)10-16-6-4-15-5-7-16/h1-3,8,15H,4-7,9-10H2. The molecule has 1 saturated heterocycles. The maximum absolute atomic E-state index is 11.9. The van der Waals surface area contributed by atoms with Gasteiger partial charge in [-0.05, 0) is 17.7 Å². The third-order valence-corrected chi connectivity index (χ3v) is 3.39. The van der Waals surface area contributed by atoms with Crippen LogP contribution in [0.5, 0.6) is 0 Å². The molecule has 1 aliphatic rings. The van der Waals surface area contributed by atoms with Crippen LogP contribution in [0.3, 0.4) is 0 Å². The molecule has 0 saturated carbocycles. The van der Waals surface area contributed by atoms with E-state index in [4.69, 9.17) is 0 Å². The number of carbonyl (C=O) groups excluding carboxylic acids is 1. The summed E-state index contributed by atoms with van der Waals surface area (Å²) >= 11 is 3.42. The van der Waals surface area contributed by atoms with E-state index < -0.39 is 0 Å². The van der Waals surface area contributed by atoms with Crippen LogP contribution in [0, 0.1) is 0 Å². The zero-order valence-corrected chi connectivity index (χ0v) is 11.4. The summed E-state index contributed by atoms with van der Waals surface area (Å²) in [7, 11) is 0. The van der Waals surface area contributed by atoms with Crippen LogP contribution in [-0.2, 0) is 11.2 Å². The molecule has 1 N–H and O–H groups in total. The Morgan fingerprint density at radius 1 is 1.35 bits per heavy atom. The minimum atomic E-state index is 0.296. The van der Waals surface area contributed by atoms with Gasteiger partial charge in [0.1, 0.15) is 0 Å². The minimum Gasteiger partial charge on any atom is -0.314 e. The predicted molar refractivity (Wildman–Crippen MR) is 72.2 cm³/mol. The Hall–Kier alpha value is -0.710. The van der Waals surface area contributed by atoms with Gasteiger partial charge in [0, 0.05) is 37.1 Å². The number of halogens is 1. The number of nitrogens with zero attached hydrogens (tertiary/aromatic N) is 1. The van der Waals surface area contributed by atoms with Crippen molar-refractivity contribution >= 4 is 21.7 Å². The molecular formula is C13H17BrN2O. The third kappa shape index (κ3) is 4.22. The van der Waals surface area contributed by atoms with Gasteiger partial charge in [0.25, 0.3) is 0 Å². The van der Waals surface area contributed by atoms with Crippen LogP contribution in [0.2, 0.25) is 0 Å². The van der Waals surface area contributed by atoms with Gasteiger partial charge < -0.3 is 5.32 Å². The zero-order valence-electron chi connectivity index (χ0n) is 9.79. The fourth-order valence-corrected chi connectivity index (χ4v) is 2.50. The van der Waals surface area contributed by atoms with Gasteiger partial charge in [0.2, 0.25) is 0 Å². The monoisotopic (exact) mass is 296 g/mol. The summed E-state index contributed by atoms with van der Waals surface area (Å²) in [5, 5.41) is 3.29. The molecule has 1 fully saturated rings. The quantitative estimate of drug-likeness (QED) is 0.913. The fourth-order valence-electron chi connectivity index (χ4n) is 2.05. The topological polar surface area (TPSA) is 32.3 Å². The molecular weight excluding hydrogens is 280 g/mol. The molecule has 0 amide bonds. The molecule has 4 heteroatoms. The second-order valence-electron chi connectivity index (χ2n) is 4.37. The van der Waals surface area contributed by atoms with Crippen LogP contribution in [0.1, 0.15) is 5.56 Å². The number of benzene rings is 1. The van der Waals surface area contributed by atoms with E-state index >= 15 is 0 Å². The molecule has 3 nitrogen and oxygen atoms in total. The Labute approximate surface area is 110 Å². The van der Waals surface area contributed by atoms with Crippen LogP contribution in [0.15, 0.2) is 28.7 Å². The molecule has 17 heavy (non-hydrogen) atoms. The highest BCUT2D eigenvalue weighted by atomic mass is 79.9. The molecule has 0 unspecified atom stereocenters. The number of hydrogen-bond donors (Lipinski definition) is 1. The first kappa shape index (κ1) is 12.7. The summed E-state index contributed by atoms with van der Waals surface area (Å²) in [6.45, 7) is 4.51. The molecule has 0 aromatic heterocycles. The van der Waals surface area contributed by atoms with Crippen molar-refractivity contribution in [1.29, 1.82) is 0 Å². The molecule has 0 atom stereocenters. The molecule has 0 aliphatic carbocycles. The smallest absolute Gasteiger partial charge is 0.151 e. The predicted octanol–water partition coefficient (Wildman–Crippen LogP) is 1.47. The summed E-state index contributed by atoms with van der Waals surface area (Å²) in [6, 6.07) is 7.96. The molecule has 1 heterocycles. The van der Waals surface area contributed by atoms with Gasteiger partial charge in [0.05, 0.1) is 6.54 Å². The van der Waals surface area contributed by atoms with Gasteiger partial charge in [-0.2, -0.15) is 0 Å². The van der Waals surface area contributed by atoms with Crippen molar-refractivity contribution in [3.63, 3.8) is 0 Å². The van der Waals surface area contributed by atoms with Gasteiger partial charge in [-0.3, -0.25) is 9.69 Å². The van der Waals surface area contributed by atoms with Gasteiger partial charge >= 0.3 is 0 Å². The number of piperazine rings is 1. The normalized spacial score (nSPS) is 17.0. The second-order valence-corrected chi connectivity index (χ2v) is 5.29. The Morgan fingerprint density at radius 3 is 2.82 bits per heavy atom. The second kappa shape index (κ2) is 6.28. The maximum atomic E-state index is 11.9. The van der Waals surface area contributed by atoms with Crippen molar-refractivity contribution < 1.29 is 4.79 Å². The molecule has 1 aromatic carbocycles. The molecule has 0 bridgehead atoms. The summed E-state index contributed by atoms with van der Waals surface area (Å²) in [5.41, 5.74) is 1.08. The summed E-state index contributed by atoms with van der Waals surface area (Å²) < 4.78 is 1.03. The molecule has 0 radical (unpaired) electrons. The van der Waals surface area contributed by atoms with E-state index in [0.29, 0.717) is 18.7 Å². The Bertz CT molecular complexity index is 389. The van der Waals surface area contributed by atoms with Crippen molar-refractivity contribution in [3.8, 4) is 0 Å². The lowest BCUT2D eigenvalue weighted by Crippen LogP contribution is -2.45. The van der Waals surface area contributed by atoms with E-state index in [1.807, 2.05) is 24.3 Å². The average Bonchev–Trinajstić information content (AvgIpc) is 2.30. The number of ketones is 1. The van der Waals surface area contributed by atoms with Gasteiger partial charge in [-0.15, -0.1) is 0 Å². The molecule has 2 rings (SSSR count). The van der Waals surface area contributed by atoms with Crippen LogP contribution >= 0.6 is 15.9 Å².